The maximum atomic E-state index is 14.4. The first-order valence-corrected chi connectivity index (χ1v) is 8.60. The molecule has 3 atom stereocenters. The lowest BCUT2D eigenvalue weighted by Crippen LogP contribution is -2.53. The van der Waals surface area contributed by atoms with Crippen LogP contribution in [0.1, 0.15) is 45.6 Å². The van der Waals surface area contributed by atoms with Gasteiger partial charge in [0.25, 0.3) is 0 Å². The summed E-state index contributed by atoms with van der Waals surface area (Å²) >= 11 is 0. The lowest BCUT2D eigenvalue weighted by Gasteiger charge is -2.34. The van der Waals surface area contributed by atoms with Gasteiger partial charge < -0.3 is 9.47 Å². The van der Waals surface area contributed by atoms with Gasteiger partial charge in [-0.05, 0) is 39.2 Å². The Balaban J connectivity index is 1.76. The summed E-state index contributed by atoms with van der Waals surface area (Å²) in [7, 11) is 0. The van der Waals surface area contributed by atoms with Crippen LogP contribution in [0.4, 0.5) is 9.18 Å². The molecule has 0 aliphatic carbocycles. The molecule has 2 aliphatic rings. The zero-order valence-corrected chi connectivity index (χ0v) is 14.8. The van der Waals surface area contributed by atoms with Crippen molar-refractivity contribution in [2.45, 2.75) is 70.0 Å². The van der Waals surface area contributed by atoms with E-state index in [1.807, 2.05) is 30.3 Å². The van der Waals surface area contributed by atoms with Gasteiger partial charge in [-0.25, -0.2) is 14.0 Å². The number of benzene rings is 1. The molecule has 0 unspecified atom stereocenters. The number of hydrogen-bond acceptors (Lipinski definition) is 4. The smallest absolute Gasteiger partial charge is 0.411 e. The Morgan fingerprint density at radius 3 is 2.56 bits per heavy atom. The van der Waals surface area contributed by atoms with Crippen LogP contribution < -0.4 is 0 Å². The average molecular weight is 349 g/mol. The van der Waals surface area contributed by atoms with E-state index in [0.29, 0.717) is 12.8 Å². The molecule has 136 valence electrons. The highest BCUT2D eigenvalue weighted by molar-refractivity contribution is 5.88. The van der Waals surface area contributed by atoms with Crippen LogP contribution in [-0.2, 0) is 20.9 Å². The van der Waals surface area contributed by atoms with Crippen molar-refractivity contribution >= 4 is 12.1 Å². The van der Waals surface area contributed by atoms with Gasteiger partial charge in [0.15, 0.2) is 0 Å². The number of carbonyl (C=O) groups is 2. The summed E-state index contributed by atoms with van der Waals surface area (Å²) in [5, 5.41) is 0. The van der Waals surface area contributed by atoms with Crippen molar-refractivity contribution in [2.24, 2.45) is 0 Å². The van der Waals surface area contributed by atoms with Gasteiger partial charge in [0.1, 0.15) is 23.9 Å². The van der Waals surface area contributed by atoms with Crippen molar-refractivity contribution in [1.29, 1.82) is 0 Å². The fraction of sp³-hybridized carbons (Fsp3) is 0.579. The van der Waals surface area contributed by atoms with Crippen LogP contribution >= 0.6 is 0 Å². The first kappa shape index (κ1) is 17.7. The molecule has 1 amide bonds. The quantitative estimate of drug-likeness (QED) is 0.782. The fourth-order valence-corrected chi connectivity index (χ4v) is 3.71. The number of carbonyl (C=O) groups excluding carboxylic acids is 2. The summed E-state index contributed by atoms with van der Waals surface area (Å²) in [5.41, 5.74) is -1.10. The lowest BCUT2D eigenvalue weighted by atomic mass is 9.86. The minimum Gasteiger partial charge on any atom is -0.458 e. The van der Waals surface area contributed by atoms with Crippen molar-refractivity contribution < 1.29 is 23.5 Å². The third-order valence-electron chi connectivity index (χ3n) is 4.78. The molecule has 2 saturated heterocycles. The number of esters is 1. The molecular weight excluding hydrogens is 325 g/mol. The van der Waals surface area contributed by atoms with Gasteiger partial charge in [-0.2, -0.15) is 0 Å². The zero-order chi connectivity index (χ0) is 18.2. The number of alkyl halides is 1. The van der Waals surface area contributed by atoms with Crippen molar-refractivity contribution in [3.05, 3.63) is 35.9 Å². The van der Waals surface area contributed by atoms with E-state index >= 15 is 0 Å². The third kappa shape index (κ3) is 3.34. The number of hydrogen-bond donors (Lipinski definition) is 0. The van der Waals surface area contributed by atoms with Crippen LogP contribution in [0.25, 0.3) is 0 Å². The molecular formula is C19H24FNO4. The number of halogens is 1. The Kier molecular flexibility index (Phi) is 4.47. The molecule has 1 aromatic rings. The molecule has 6 heteroatoms. The molecule has 0 radical (unpaired) electrons. The summed E-state index contributed by atoms with van der Waals surface area (Å²) < 4.78 is 25.2. The summed E-state index contributed by atoms with van der Waals surface area (Å²) in [6.45, 7) is 5.36. The first-order valence-electron chi connectivity index (χ1n) is 8.60. The monoisotopic (exact) mass is 349 g/mol. The van der Waals surface area contributed by atoms with Gasteiger partial charge >= 0.3 is 12.1 Å². The molecule has 25 heavy (non-hydrogen) atoms. The molecule has 0 N–H and O–H groups in total. The van der Waals surface area contributed by atoms with Crippen molar-refractivity contribution in [3.63, 3.8) is 0 Å². The summed E-state index contributed by atoms with van der Waals surface area (Å²) in [5.74, 6) is -0.542. The highest BCUT2D eigenvalue weighted by atomic mass is 19.1. The largest absolute Gasteiger partial charge is 0.458 e. The summed E-state index contributed by atoms with van der Waals surface area (Å²) in [6, 6.07) is 8.64. The van der Waals surface area contributed by atoms with Crippen LogP contribution in [0.15, 0.2) is 30.3 Å². The predicted molar refractivity (Wildman–Crippen MR) is 89.6 cm³/mol. The van der Waals surface area contributed by atoms with Gasteiger partial charge in [-0.3, -0.25) is 4.90 Å². The zero-order valence-electron chi connectivity index (χ0n) is 14.8. The van der Waals surface area contributed by atoms with Crippen molar-refractivity contribution in [1.82, 2.24) is 4.90 Å². The summed E-state index contributed by atoms with van der Waals surface area (Å²) in [6.07, 6.45) is -1.05. The SMILES string of the molecule is CC(C)(C)OC(=O)[C@]12CC[C@H]([C@@H](F)C1)N2C(=O)OCc1ccccc1. The van der Waals surface area contributed by atoms with Crippen LogP contribution in [0.3, 0.4) is 0 Å². The highest BCUT2D eigenvalue weighted by Crippen LogP contribution is 2.49. The van der Waals surface area contributed by atoms with Gasteiger partial charge in [0, 0.05) is 6.42 Å². The Hall–Kier alpha value is -2.11. The molecule has 2 aliphatic heterocycles. The number of amides is 1. The average Bonchev–Trinajstić information content (AvgIpc) is 3.05. The van der Waals surface area contributed by atoms with Crippen LogP contribution in [0.5, 0.6) is 0 Å². The number of ether oxygens (including phenoxy) is 2. The molecule has 1 aromatic carbocycles. The van der Waals surface area contributed by atoms with E-state index in [1.54, 1.807) is 20.8 Å². The lowest BCUT2D eigenvalue weighted by molar-refractivity contribution is -0.166. The molecule has 0 spiro atoms. The second-order valence-electron chi connectivity index (χ2n) is 7.77. The fourth-order valence-electron chi connectivity index (χ4n) is 3.71. The van der Waals surface area contributed by atoms with E-state index in [2.05, 4.69) is 0 Å². The standard InChI is InChI=1S/C19H24FNO4/c1-18(2,3)25-16(22)19-10-9-15(14(20)11-19)21(19)17(23)24-12-13-7-5-4-6-8-13/h4-8,14-15H,9-12H2,1-3H3/t14-,15+,19-/m0/s1. The second kappa shape index (κ2) is 6.32. The van der Waals surface area contributed by atoms with Gasteiger partial charge in [0.05, 0.1) is 6.04 Å². The van der Waals surface area contributed by atoms with E-state index < -0.39 is 35.4 Å². The third-order valence-corrected chi connectivity index (χ3v) is 4.78. The first-order chi connectivity index (χ1) is 11.7. The van der Waals surface area contributed by atoms with E-state index in [1.165, 1.54) is 4.90 Å². The van der Waals surface area contributed by atoms with E-state index in [-0.39, 0.29) is 13.0 Å². The number of nitrogens with zero attached hydrogens (tertiary/aromatic N) is 1. The molecule has 0 aromatic heterocycles. The minimum atomic E-state index is -1.24. The molecule has 0 saturated carbocycles. The van der Waals surface area contributed by atoms with E-state index in [9.17, 15) is 14.0 Å². The Morgan fingerprint density at radius 1 is 1.28 bits per heavy atom. The molecule has 2 fully saturated rings. The maximum Gasteiger partial charge on any atom is 0.411 e. The minimum absolute atomic E-state index is 0.0208. The van der Waals surface area contributed by atoms with E-state index in [4.69, 9.17) is 9.47 Å². The molecule has 2 heterocycles. The van der Waals surface area contributed by atoms with E-state index in [0.717, 1.165) is 5.56 Å². The number of fused-ring (bicyclic) bond motifs is 2. The van der Waals surface area contributed by atoms with Crippen LogP contribution in [0.2, 0.25) is 0 Å². The molecule has 2 bridgehead atoms. The van der Waals surface area contributed by atoms with Crippen molar-refractivity contribution in [3.8, 4) is 0 Å². The van der Waals surface area contributed by atoms with Crippen molar-refractivity contribution in [2.75, 3.05) is 0 Å². The van der Waals surface area contributed by atoms with Gasteiger partial charge in [0.2, 0.25) is 0 Å². The molecule has 3 rings (SSSR count). The Bertz CT molecular complexity index is 657. The second-order valence-corrected chi connectivity index (χ2v) is 7.77. The Morgan fingerprint density at radius 2 is 1.96 bits per heavy atom. The van der Waals surface area contributed by atoms with Crippen LogP contribution in [0, 0.1) is 0 Å². The maximum absolute atomic E-state index is 14.4. The molecule has 5 nitrogen and oxygen atoms in total. The van der Waals surface area contributed by atoms with Crippen LogP contribution in [-0.4, -0.2) is 40.3 Å². The summed E-state index contributed by atoms with van der Waals surface area (Å²) in [4.78, 5) is 26.7. The predicted octanol–water partition coefficient (Wildman–Crippen LogP) is 3.61. The Labute approximate surface area is 147 Å². The normalized spacial score (nSPS) is 28.1. The van der Waals surface area contributed by atoms with Gasteiger partial charge in [-0.1, -0.05) is 30.3 Å². The number of rotatable bonds is 3. The topological polar surface area (TPSA) is 55.8 Å². The highest BCUT2D eigenvalue weighted by Gasteiger charge is 2.65. The van der Waals surface area contributed by atoms with Gasteiger partial charge in [-0.15, -0.1) is 0 Å².